The standard InChI is InChI=1S/C17H19N/c1-10-5-6-16-14(7-10)13(4)15-8-11(2)12(3)9-17(15)18-16/h5-9,13,18H,1-4H3. The van der Waals surface area contributed by atoms with Gasteiger partial charge in [0.2, 0.25) is 0 Å². The Morgan fingerprint density at radius 3 is 2.28 bits per heavy atom. The van der Waals surface area contributed by atoms with Gasteiger partial charge >= 0.3 is 0 Å². The molecule has 1 aliphatic rings. The molecule has 0 fully saturated rings. The molecule has 0 spiro atoms. The number of nitrogens with one attached hydrogen (secondary N) is 1. The predicted molar refractivity (Wildman–Crippen MR) is 77.9 cm³/mol. The van der Waals surface area contributed by atoms with Crippen LogP contribution in [-0.2, 0) is 0 Å². The topological polar surface area (TPSA) is 12.0 Å². The zero-order chi connectivity index (χ0) is 12.9. The number of aryl methyl sites for hydroxylation is 3. The first kappa shape index (κ1) is 11.3. The molecule has 0 aliphatic carbocycles. The van der Waals surface area contributed by atoms with E-state index in [4.69, 9.17) is 0 Å². The number of hydrogen-bond donors (Lipinski definition) is 1. The second-order valence-electron chi connectivity index (χ2n) is 5.46. The van der Waals surface area contributed by atoms with E-state index in [0.717, 1.165) is 0 Å². The molecule has 1 atom stereocenters. The number of hydrogen-bond acceptors (Lipinski definition) is 1. The van der Waals surface area contributed by atoms with E-state index in [1.165, 1.54) is 39.2 Å². The Morgan fingerprint density at radius 2 is 1.50 bits per heavy atom. The average molecular weight is 237 g/mol. The van der Waals surface area contributed by atoms with Crippen molar-refractivity contribution >= 4 is 11.4 Å². The Balaban J connectivity index is 2.19. The second kappa shape index (κ2) is 3.88. The first-order valence-electron chi connectivity index (χ1n) is 6.55. The van der Waals surface area contributed by atoms with Gasteiger partial charge < -0.3 is 5.32 Å². The van der Waals surface area contributed by atoms with Gasteiger partial charge in [0.25, 0.3) is 0 Å². The van der Waals surface area contributed by atoms with Crippen LogP contribution in [0.15, 0.2) is 30.3 Å². The molecule has 92 valence electrons. The molecule has 2 aromatic rings. The number of benzene rings is 2. The van der Waals surface area contributed by atoms with Gasteiger partial charge in [-0.15, -0.1) is 0 Å². The van der Waals surface area contributed by atoms with Crippen molar-refractivity contribution in [3.8, 4) is 0 Å². The number of fused-ring (bicyclic) bond motifs is 2. The van der Waals surface area contributed by atoms with Crippen LogP contribution in [0.4, 0.5) is 11.4 Å². The Bertz CT molecular complexity index is 626. The molecule has 2 aromatic carbocycles. The predicted octanol–water partition coefficient (Wildman–Crippen LogP) is 4.82. The first-order valence-corrected chi connectivity index (χ1v) is 6.55. The van der Waals surface area contributed by atoms with Crippen LogP contribution in [0.2, 0.25) is 0 Å². The van der Waals surface area contributed by atoms with Crippen LogP contribution in [0.3, 0.4) is 0 Å². The van der Waals surface area contributed by atoms with Crippen LogP contribution in [0.1, 0.15) is 40.7 Å². The van der Waals surface area contributed by atoms with Gasteiger partial charge in [-0.1, -0.05) is 30.7 Å². The minimum absolute atomic E-state index is 0.468. The molecule has 0 aromatic heterocycles. The molecule has 18 heavy (non-hydrogen) atoms. The SMILES string of the molecule is Cc1ccc2c(c1)C(C)c1cc(C)c(C)cc1N2. The third-order valence-corrected chi connectivity index (χ3v) is 4.08. The van der Waals surface area contributed by atoms with Crippen molar-refractivity contribution in [2.75, 3.05) is 5.32 Å². The van der Waals surface area contributed by atoms with Crippen molar-refractivity contribution in [2.45, 2.75) is 33.6 Å². The van der Waals surface area contributed by atoms with Gasteiger partial charge in [-0.05, 0) is 55.2 Å². The second-order valence-corrected chi connectivity index (χ2v) is 5.46. The fourth-order valence-corrected chi connectivity index (χ4v) is 2.77. The van der Waals surface area contributed by atoms with Gasteiger partial charge in [0.15, 0.2) is 0 Å². The summed E-state index contributed by atoms with van der Waals surface area (Å²) in [5.74, 6) is 0.468. The van der Waals surface area contributed by atoms with Gasteiger partial charge in [-0.3, -0.25) is 0 Å². The molecule has 0 saturated carbocycles. The highest BCUT2D eigenvalue weighted by Gasteiger charge is 2.22. The monoisotopic (exact) mass is 237 g/mol. The lowest BCUT2D eigenvalue weighted by molar-refractivity contribution is 0.906. The van der Waals surface area contributed by atoms with Gasteiger partial charge in [0.1, 0.15) is 0 Å². The van der Waals surface area contributed by atoms with Crippen LogP contribution in [-0.4, -0.2) is 0 Å². The van der Waals surface area contributed by atoms with Gasteiger partial charge in [-0.25, -0.2) is 0 Å². The molecule has 0 bridgehead atoms. The zero-order valence-electron chi connectivity index (χ0n) is 11.5. The first-order chi connectivity index (χ1) is 8.56. The summed E-state index contributed by atoms with van der Waals surface area (Å²) in [7, 11) is 0. The number of anilines is 2. The van der Waals surface area contributed by atoms with Crippen molar-refractivity contribution in [2.24, 2.45) is 0 Å². The molecule has 3 rings (SSSR count). The van der Waals surface area contributed by atoms with Crippen molar-refractivity contribution in [3.05, 3.63) is 58.1 Å². The highest BCUT2D eigenvalue weighted by Crippen LogP contribution is 2.42. The quantitative estimate of drug-likeness (QED) is 0.692. The Kier molecular flexibility index (Phi) is 2.44. The molecule has 1 heterocycles. The van der Waals surface area contributed by atoms with E-state index >= 15 is 0 Å². The molecular formula is C17H19N. The van der Waals surface area contributed by atoms with Crippen molar-refractivity contribution in [3.63, 3.8) is 0 Å². The Labute approximate surface area is 109 Å². The molecule has 1 N–H and O–H groups in total. The fraction of sp³-hybridized carbons (Fsp3) is 0.294. The summed E-state index contributed by atoms with van der Waals surface area (Å²) in [4.78, 5) is 0. The van der Waals surface area contributed by atoms with Crippen LogP contribution < -0.4 is 5.32 Å². The third kappa shape index (κ3) is 1.62. The van der Waals surface area contributed by atoms with E-state index in [1.807, 2.05) is 0 Å². The third-order valence-electron chi connectivity index (χ3n) is 4.08. The van der Waals surface area contributed by atoms with E-state index in [9.17, 15) is 0 Å². The maximum atomic E-state index is 3.57. The molecule has 1 unspecified atom stereocenters. The smallest absolute Gasteiger partial charge is 0.0425 e. The summed E-state index contributed by atoms with van der Waals surface area (Å²) < 4.78 is 0. The lowest BCUT2D eigenvalue weighted by Gasteiger charge is -2.28. The molecular weight excluding hydrogens is 218 g/mol. The maximum Gasteiger partial charge on any atom is 0.0425 e. The van der Waals surface area contributed by atoms with Crippen molar-refractivity contribution in [1.82, 2.24) is 0 Å². The van der Waals surface area contributed by atoms with E-state index in [0.29, 0.717) is 5.92 Å². The zero-order valence-corrected chi connectivity index (χ0v) is 11.5. The molecule has 1 nitrogen and oxygen atoms in total. The van der Waals surface area contributed by atoms with E-state index in [2.05, 4.69) is 63.3 Å². The average Bonchev–Trinajstić information content (AvgIpc) is 2.33. The summed E-state index contributed by atoms with van der Waals surface area (Å²) in [6.45, 7) is 8.82. The van der Waals surface area contributed by atoms with Crippen molar-refractivity contribution < 1.29 is 0 Å². The normalized spacial score (nSPS) is 16.8. The van der Waals surface area contributed by atoms with Crippen LogP contribution in [0, 0.1) is 20.8 Å². The minimum Gasteiger partial charge on any atom is -0.355 e. The molecule has 1 heteroatoms. The van der Waals surface area contributed by atoms with Crippen LogP contribution in [0.5, 0.6) is 0 Å². The molecule has 1 aliphatic heterocycles. The van der Waals surface area contributed by atoms with Gasteiger partial charge in [0.05, 0.1) is 0 Å². The fourth-order valence-electron chi connectivity index (χ4n) is 2.77. The van der Waals surface area contributed by atoms with Crippen molar-refractivity contribution in [1.29, 1.82) is 0 Å². The highest BCUT2D eigenvalue weighted by atomic mass is 14.9. The number of rotatable bonds is 0. The van der Waals surface area contributed by atoms with Crippen LogP contribution >= 0.6 is 0 Å². The van der Waals surface area contributed by atoms with Crippen LogP contribution in [0.25, 0.3) is 0 Å². The highest BCUT2D eigenvalue weighted by molar-refractivity contribution is 5.74. The lowest BCUT2D eigenvalue weighted by atomic mass is 9.85. The Morgan fingerprint density at radius 1 is 0.833 bits per heavy atom. The Hall–Kier alpha value is -1.76. The van der Waals surface area contributed by atoms with Gasteiger partial charge in [-0.2, -0.15) is 0 Å². The lowest BCUT2D eigenvalue weighted by Crippen LogP contribution is -2.11. The van der Waals surface area contributed by atoms with Gasteiger partial charge in [0, 0.05) is 17.3 Å². The van der Waals surface area contributed by atoms with E-state index in [1.54, 1.807) is 0 Å². The summed E-state index contributed by atoms with van der Waals surface area (Å²) in [6.07, 6.45) is 0. The summed E-state index contributed by atoms with van der Waals surface area (Å²) >= 11 is 0. The summed E-state index contributed by atoms with van der Waals surface area (Å²) in [6, 6.07) is 11.3. The molecule has 0 saturated heterocycles. The molecule has 0 amide bonds. The summed E-state index contributed by atoms with van der Waals surface area (Å²) in [5, 5.41) is 3.57. The minimum atomic E-state index is 0.468. The van der Waals surface area contributed by atoms with E-state index < -0.39 is 0 Å². The molecule has 0 radical (unpaired) electrons. The summed E-state index contributed by atoms with van der Waals surface area (Å²) in [5.41, 5.74) is 9.39. The maximum absolute atomic E-state index is 3.57. The largest absolute Gasteiger partial charge is 0.355 e. The van der Waals surface area contributed by atoms with E-state index in [-0.39, 0.29) is 0 Å².